The number of nitrogens with two attached hydrogens (primary N) is 1. The number of aromatic nitrogens is 1. The van der Waals surface area contributed by atoms with Gasteiger partial charge >= 0.3 is 0 Å². The molecule has 0 bridgehead atoms. The summed E-state index contributed by atoms with van der Waals surface area (Å²) in [5, 5.41) is 4.30. The number of nitrogens with zero attached hydrogens (tertiary/aromatic N) is 2. The second-order valence-corrected chi connectivity index (χ2v) is 5.98. The van der Waals surface area contributed by atoms with Gasteiger partial charge in [-0.05, 0) is 47.4 Å². The van der Waals surface area contributed by atoms with Crippen molar-refractivity contribution in [2.24, 2.45) is 5.73 Å². The summed E-state index contributed by atoms with van der Waals surface area (Å²) < 4.78 is 0. The molecule has 0 radical (unpaired) electrons. The van der Waals surface area contributed by atoms with E-state index in [0.29, 0.717) is 11.0 Å². The number of thiocarbonyl (C=S) groups is 1. The van der Waals surface area contributed by atoms with E-state index in [2.05, 4.69) is 26.7 Å². The molecule has 0 aromatic carbocycles. The molecule has 2 aromatic heterocycles. The summed E-state index contributed by atoms with van der Waals surface area (Å²) in [6, 6.07) is 6.63. The summed E-state index contributed by atoms with van der Waals surface area (Å²) in [5.74, 6) is 0.971. The third-order valence-corrected chi connectivity index (χ3v) is 4.21. The summed E-state index contributed by atoms with van der Waals surface area (Å²) in [4.78, 5) is 7.25. The van der Waals surface area contributed by atoms with Crippen LogP contribution in [0.25, 0.3) is 0 Å². The molecule has 2 aromatic rings. The van der Waals surface area contributed by atoms with E-state index in [1.165, 1.54) is 18.4 Å². The van der Waals surface area contributed by atoms with E-state index in [4.69, 9.17) is 18.0 Å². The first-order chi connectivity index (χ1) is 9.24. The molecule has 1 fully saturated rings. The van der Waals surface area contributed by atoms with E-state index in [-0.39, 0.29) is 0 Å². The predicted molar refractivity (Wildman–Crippen MR) is 83.6 cm³/mol. The number of thiophene rings is 1. The molecule has 0 saturated heterocycles. The molecule has 3 nitrogen and oxygen atoms in total. The highest BCUT2D eigenvalue weighted by atomic mass is 32.1. The van der Waals surface area contributed by atoms with Gasteiger partial charge in [-0.2, -0.15) is 11.3 Å². The minimum atomic E-state index is 0.426. The Hall–Kier alpha value is -1.46. The van der Waals surface area contributed by atoms with Gasteiger partial charge in [0.2, 0.25) is 0 Å². The van der Waals surface area contributed by atoms with Gasteiger partial charge in [-0.1, -0.05) is 12.2 Å². The Labute approximate surface area is 122 Å². The lowest BCUT2D eigenvalue weighted by molar-refractivity contribution is 0.780. The van der Waals surface area contributed by atoms with Crippen LogP contribution in [0.1, 0.15) is 24.0 Å². The highest BCUT2D eigenvalue weighted by molar-refractivity contribution is 7.80. The van der Waals surface area contributed by atoms with Crippen molar-refractivity contribution in [2.75, 3.05) is 4.90 Å². The Morgan fingerprint density at radius 3 is 2.95 bits per heavy atom. The van der Waals surface area contributed by atoms with Crippen LogP contribution in [0.4, 0.5) is 5.82 Å². The highest BCUT2D eigenvalue weighted by Gasteiger charge is 2.30. The molecule has 2 N–H and O–H groups in total. The smallest absolute Gasteiger partial charge is 0.129 e. The zero-order valence-corrected chi connectivity index (χ0v) is 12.1. The topological polar surface area (TPSA) is 42.1 Å². The van der Waals surface area contributed by atoms with Crippen LogP contribution in [-0.4, -0.2) is 16.0 Å². The number of anilines is 1. The molecule has 5 heteroatoms. The maximum Gasteiger partial charge on any atom is 0.129 e. The van der Waals surface area contributed by atoms with Crippen molar-refractivity contribution in [2.45, 2.75) is 25.4 Å². The van der Waals surface area contributed by atoms with Gasteiger partial charge in [0.1, 0.15) is 10.8 Å². The van der Waals surface area contributed by atoms with Crippen LogP contribution in [0.2, 0.25) is 0 Å². The van der Waals surface area contributed by atoms with Crippen molar-refractivity contribution in [3.63, 3.8) is 0 Å². The zero-order chi connectivity index (χ0) is 13.2. The van der Waals surface area contributed by atoms with Crippen molar-refractivity contribution >= 4 is 34.4 Å². The standard InChI is InChI=1S/C14H15N3S2/c15-14(18)11-3-5-16-13(7-11)17(12-1-2-12)8-10-4-6-19-9-10/h3-7,9,12H,1-2,8H2,(H2,15,18). The number of rotatable bonds is 5. The molecule has 19 heavy (non-hydrogen) atoms. The van der Waals surface area contributed by atoms with Crippen LogP contribution < -0.4 is 10.6 Å². The third kappa shape index (κ3) is 2.93. The van der Waals surface area contributed by atoms with Crippen molar-refractivity contribution in [1.29, 1.82) is 0 Å². The molecule has 3 rings (SSSR count). The van der Waals surface area contributed by atoms with E-state index < -0.39 is 0 Å². The van der Waals surface area contributed by atoms with Crippen LogP contribution in [0.3, 0.4) is 0 Å². The van der Waals surface area contributed by atoms with Crippen molar-refractivity contribution in [3.8, 4) is 0 Å². The Balaban J connectivity index is 1.87. The average Bonchev–Trinajstić information content (AvgIpc) is 3.13. The van der Waals surface area contributed by atoms with Gasteiger partial charge in [-0.3, -0.25) is 0 Å². The van der Waals surface area contributed by atoms with Crippen molar-refractivity contribution < 1.29 is 0 Å². The largest absolute Gasteiger partial charge is 0.389 e. The second kappa shape index (κ2) is 5.27. The fourth-order valence-electron chi connectivity index (χ4n) is 2.09. The Bertz CT molecular complexity index is 576. The maximum atomic E-state index is 5.70. The van der Waals surface area contributed by atoms with Gasteiger partial charge < -0.3 is 10.6 Å². The van der Waals surface area contributed by atoms with Gasteiger partial charge in [0.25, 0.3) is 0 Å². The second-order valence-electron chi connectivity index (χ2n) is 4.76. The Kier molecular flexibility index (Phi) is 3.48. The molecular weight excluding hydrogens is 274 g/mol. The molecule has 0 spiro atoms. The van der Waals surface area contributed by atoms with Crippen LogP contribution in [-0.2, 0) is 6.54 Å². The number of pyridine rings is 1. The molecule has 0 amide bonds. The summed E-state index contributed by atoms with van der Waals surface area (Å²) in [5.41, 5.74) is 7.92. The lowest BCUT2D eigenvalue weighted by Crippen LogP contribution is -2.26. The highest BCUT2D eigenvalue weighted by Crippen LogP contribution is 2.32. The summed E-state index contributed by atoms with van der Waals surface area (Å²) in [6.07, 6.45) is 4.26. The quantitative estimate of drug-likeness (QED) is 0.859. The van der Waals surface area contributed by atoms with Gasteiger partial charge in [0.05, 0.1) is 0 Å². The molecule has 0 aliphatic heterocycles. The Morgan fingerprint density at radius 1 is 1.47 bits per heavy atom. The molecule has 98 valence electrons. The molecule has 0 atom stereocenters. The maximum absolute atomic E-state index is 5.70. The lowest BCUT2D eigenvalue weighted by Gasteiger charge is -2.23. The van der Waals surface area contributed by atoms with Crippen molar-refractivity contribution in [1.82, 2.24) is 4.98 Å². The number of hydrogen-bond donors (Lipinski definition) is 1. The van der Waals surface area contributed by atoms with E-state index in [0.717, 1.165) is 17.9 Å². The van der Waals surface area contributed by atoms with E-state index >= 15 is 0 Å². The zero-order valence-electron chi connectivity index (χ0n) is 10.5. The molecule has 1 saturated carbocycles. The third-order valence-electron chi connectivity index (χ3n) is 3.24. The lowest BCUT2D eigenvalue weighted by atomic mass is 10.2. The van der Waals surface area contributed by atoms with Gasteiger partial charge in [-0.15, -0.1) is 0 Å². The SMILES string of the molecule is NC(=S)c1ccnc(N(Cc2ccsc2)C2CC2)c1. The first kappa shape index (κ1) is 12.6. The van der Waals surface area contributed by atoms with E-state index in [9.17, 15) is 0 Å². The summed E-state index contributed by atoms with van der Waals surface area (Å²) in [6.45, 7) is 0.905. The predicted octanol–water partition coefficient (Wildman–Crippen LogP) is 2.95. The van der Waals surface area contributed by atoms with E-state index in [1.54, 1.807) is 17.5 Å². The number of hydrogen-bond acceptors (Lipinski definition) is 4. The van der Waals surface area contributed by atoms with Crippen LogP contribution in [0.5, 0.6) is 0 Å². The molecule has 0 unspecified atom stereocenters. The van der Waals surface area contributed by atoms with Gasteiger partial charge in [-0.25, -0.2) is 4.98 Å². The van der Waals surface area contributed by atoms with Gasteiger partial charge in [0.15, 0.2) is 0 Å². The normalized spacial score (nSPS) is 14.3. The molecule has 1 aliphatic rings. The molecular formula is C14H15N3S2. The summed E-state index contributed by atoms with van der Waals surface area (Å²) in [7, 11) is 0. The van der Waals surface area contributed by atoms with E-state index in [1.807, 2.05) is 12.1 Å². The minimum Gasteiger partial charge on any atom is -0.389 e. The molecule has 2 heterocycles. The average molecular weight is 289 g/mol. The van der Waals surface area contributed by atoms with Crippen LogP contribution in [0.15, 0.2) is 35.2 Å². The van der Waals surface area contributed by atoms with Gasteiger partial charge in [0, 0.05) is 24.3 Å². The first-order valence-electron chi connectivity index (χ1n) is 6.27. The van der Waals surface area contributed by atoms with Crippen molar-refractivity contribution in [3.05, 3.63) is 46.3 Å². The fraction of sp³-hybridized carbons (Fsp3) is 0.286. The Morgan fingerprint density at radius 2 is 2.32 bits per heavy atom. The molecule has 1 aliphatic carbocycles. The summed E-state index contributed by atoms with van der Waals surface area (Å²) >= 11 is 6.77. The monoisotopic (exact) mass is 289 g/mol. The minimum absolute atomic E-state index is 0.426. The fourth-order valence-corrected chi connectivity index (χ4v) is 2.88. The first-order valence-corrected chi connectivity index (χ1v) is 7.63. The van der Waals surface area contributed by atoms with Crippen LogP contribution >= 0.6 is 23.6 Å². The van der Waals surface area contributed by atoms with Crippen LogP contribution in [0, 0.1) is 0 Å².